The van der Waals surface area contributed by atoms with E-state index in [0.29, 0.717) is 22.7 Å². The van der Waals surface area contributed by atoms with Gasteiger partial charge < -0.3 is 9.80 Å². The van der Waals surface area contributed by atoms with Crippen LogP contribution in [0.1, 0.15) is 33.0 Å². The van der Waals surface area contributed by atoms with Gasteiger partial charge in [-0.05, 0) is 41.5 Å². The Kier molecular flexibility index (Phi) is 7.17. The highest BCUT2D eigenvalue weighted by atomic mass is 35.5. The minimum Gasteiger partial charge on any atom is -0.341 e. The van der Waals surface area contributed by atoms with E-state index in [9.17, 15) is 22.8 Å². The normalized spacial score (nSPS) is 17.9. The molecule has 4 nitrogen and oxygen atoms in total. The first-order valence-corrected chi connectivity index (χ1v) is 11.5. The number of halogens is 4. The molecule has 0 N–H and O–H groups in total. The van der Waals surface area contributed by atoms with Crippen LogP contribution in [0.5, 0.6) is 0 Å². The smallest absolute Gasteiger partial charge is 0.341 e. The van der Waals surface area contributed by atoms with Crippen LogP contribution in [0.3, 0.4) is 0 Å². The maximum absolute atomic E-state index is 13.5. The number of benzene rings is 3. The fourth-order valence-corrected chi connectivity index (χ4v) is 4.62. The lowest BCUT2D eigenvalue weighted by Crippen LogP contribution is -2.36. The Morgan fingerprint density at radius 3 is 2.31 bits per heavy atom. The molecule has 0 aromatic heterocycles. The van der Waals surface area contributed by atoms with Crippen molar-refractivity contribution < 1.29 is 22.8 Å². The van der Waals surface area contributed by atoms with Crippen LogP contribution in [0.4, 0.5) is 13.2 Å². The average Bonchev–Trinajstić information content (AvgIpc) is 3.29. The van der Waals surface area contributed by atoms with Crippen molar-refractivity contribution in [1.82, 2.24) is 9.80 Å². The molecular formula is C27H24ClF3N2O2. The Hall–Kier alpha value is -3.32. The molecule has 1 aliphatic heterocycles. The second kappa shape index (κ2) is 10.1. The van der Waals surface area contributed by atoms with Crippen molar-refractivity contribution in [2.24, 2.45) is 5.92 Å². The summed E-state index contributed by atoms with van der Waals surface area (Å²) in [4.78, 5) is 29.8. The molecule has 2 atom stereocenters. The van der Waals surface area contributed by atoms with Gasteiger partial charge in [0.15, 0.2) is 0 Å². The van der Waals surface area contributed by atoms with Gasteiger partial charge in [-0.15, -0.1) is 0 Å². The summed E-state index contributed by atoms with van der Waals surface area (Å²) >= 11 is 5.93. The molecule has 0 saturated carbocycles. The number of carbonyl (C=O) groups is 2. The first-order chi connectivity index (χ1) is 16.6. The molecule has 1 aliphatic rings. The van der Waals surface area contributed by atoms with Gasteiger partial charge in [0, 0.05) is 43.2 Å². The monoisotopic (exact) mass is 500 g/mol. The van der Waals surface area contributed by atoms with Crippen molar-refractivity contribution in [2.75, 3.05) is 20.1 Å². The second-order valence-corrected chi connectivity index (χ2v) is 9.17. The molecular weight excluding hydrogens is 477 g/mol. The van der Waals surface area contributed by atoms with Crippen LogP contribution in [0.2, 0.25) is 5.02 Å². The molecule has 35 heavy (non-hydrogen) atoms. The van der Waals surface area contributed by atoms with Crippen molar-refractivity contribution in [2.45, 2.75) is 18.6 Å². The Labute approximate surface area is 206 Å². The molecule has 1 fully saturated rings. The number of rotatable bonds is 5. The van der Waals surface area contributed by atoms with E-state index in [1.54, 1.807) is 42.3 Å². The minimum atomic E-state index is -4.50. The van der Waals surface area contributed by atoms with E-state index in [-0.39, 0.29) is 24.9 Å². The van der Waals surface area contributed by atoms with Crippen LogP contribution in [-0.2, 0) is 17.5 Å². The SMILES string of the molecule is CN(Cc1ccccc1)C(=O)C1CN(C(=O)c2ccc(Cl)cc2)CC1c1cccc(C(F)(F)F)c1. The number of amides is 2. The van der Waals surface area contributed by atoms with Gasteiger partial charge in [0.1, 0.15) is 0 Å². The summed E-state index contributed by atoms with van der Waals surface area (Å²) in [5.74, 6) is -1.76. The topological polar surface area (TPSA) is 40.6 Å². The van der Waals surface area contributed by atoms with Gasteiger partial charge in [-0.25, -0.2) is 0 Å². The third-order valence-electron chi connectivity index (χ3n) is 6.30. The third kappa shape index (κ3) is 5.68. The maximum Gasteiger partial charge on any atom is 0.416 e. The van der Waals surface area contributed by atoms with E-state index in [4.69, 9.17) is 11.6 Å². The zero-order valence-electron chi connectivity index (χ0n) is 19.0. The number of likely N-dealkylation sites (tertiary alicyclic amines) is 1. The molecule has 1 heterocycles. The molecule has 182 valence electrons. The van der Waals surface area contributed by atoms with Crippen molar-refractivity contribution in [1.29, 1.82) is 0 Å². The molecule has 0 radical (unpaired) electrons. The molecule has 1 saturated heterocycles. The summed E-state index contributed by atoms with van der Waals surface area (Å²) in [6.45, 7) is 0.606. The number of hydrogen-bond donors (Lipinski definition) is 0. The van der Waals surface area contributed by atoms with Gasteiger partial charge in [0.05, 0.1) is 11.5 Å². The second-order valence-electron chi connectivity index (χ2n) is 8.73. The largest absolute Gasteiger partial charge is 0.416 e. The summed E-state index contributed by atoms with van der Waals surface area (Å²) < 4.78 is 40.2. The van der Waals surface area contributed by atoms with Crippen molar-refractivity contribution in [3.63, 3.8) is 0 Å². The number of carbonyl (C=O) groups excluding carboxylic acids is 2. The van der Waals surface area contributed by atoms with Crippen molar-refractivity contribution in [3.8, 4) is 0 Å². The fourth-order valence-electron chi connectivity index (χ4n) is 4.50. The highest BCUT2D eigenvalue weighted by Gasteiger charge is 2.42. The van der Waals surface area contributed by atoms with Crippen LogP contribution < -0.4 is 0 Å². The van der Waals surface area contributed by atoms with Crippen molar-refractivity contribution >= 4 is 23.4 Å². The van der Waals surface area contributed by atoms with Gasteiger partial charge in [0.2, 0.25) is 5.91 Å². The summed E-state index contributed by atoms with van der Waals surface area (Å²) in [5, 5.41) is 0.486. The number of nitrogens with zero attached hydrogens (tertiary/aromatic N) is 2. The van der Waals surface area contributed by atoms with Gasteiger partial charge in [-0.2, -0.15) is 13.2 Å². The van der Waals surface area contributed by atoms with Crippen molar-refractivity contribution in [3.05, 3.63) is 106 Å². The quantitative estimate of drug-likeness (QED) is 0.439. The van der Waals surface area contributed by atoms with E-state index in [2.05, 4.69) is 0 Å². The highest BCUT2D eigenvalue weighted by molar-refractivity contribution is 6.30. The lowest BCUT2D eigenvalue weighted by Gasteiger charge is -2.25. The van der Waals surface area contributed by atoms with E-state index < -0.39 is 23.6 Å². The predicted octanol–water partition coefficient (Wildman–Crippen LogP) is 5.87. The van der Waals surface area contributed by atoms with E-state index in [1.807, 2.05) is 30.3 Å². The zero-order chi connectivity index (χ0) is 25.2. The zero-order valence-corrected chi connectivity index (χ0v) is 19.8. The summed E-state index contributed by atoms with van der Waals surface area (Å²) in [7, 11) is 1.67. The minimum absolute atomic E-state index is 0.111. The Balaban J connectivity index is 1.63. The lowest BCUT2D eigenvalue weighted by molar-refractivity contribution is -0.137. The highest BCUT2D eigenvalue weighted by Crippen LogP contribution is 2.38. The molecule has 3 aromatic rings. The molecule has 2 amide bonds. The van der Waals surface area contributed by atoms with Gasteiger partial charge in [0.25, 0.3) is 5.91 Å². The van der Waals surface area contributed by atoms with E-state index in [0.717, 1.165) is 17.7 Å². The van der Waals surface area contributed by atoms with Gasteiger partial charge in [-0.1, -0.05) is 60.1 Å². The van der Waals surface area contributed by atoms with Gasteiger partial charge >= 0.3 is 6.18 Å². The molecule has 0 bridgehead atoms. The Morgan fingerprint density at radius 1 is 0.971 bits per heavy atom. The van der Waals surface area contributed by atoms with E-state index in [1.165, 1.54) is 11.0 Å². The van der Waals surface area contributed by atoms with Crippen LogP contribution in [-0.4, -0.2) is 41.8 Å². The molecule has 4 rings (SSSR count). The van der Waals surface area contributed by atoms with Crippen LogP contribution in [0.25, 0.3) is 0 Å². The third-order valence-corrected chi connectivity index (χ3v) is 6.55. The molecule has 2 unspecified atom stereocenters. The lowest BCUT2D eigenvalue weighted by atomic mass is 9.87. The first-order valence-electron chi connectivity index (χ1n) is 11.1. The first kappa shape index (κ1) is 24.8. The maximum atomic E-state index is 13.5. The summed E-state index contributed by atoms with van der Waals surface area (Å²) in [6.07, 6.45) is -4.50. The van der Waals surface area contributed by atoms with Crippen LogP contribution in [0.15, 0.2) is 78.9 Å². The van der Waals surface area contributed by atoms with Crippen LogP contribution >= 0.6 is 11.6 Å². The summed E-state index contributed by atoms with van der Waals surface area (Å²) in [6, 6.07) is 20.9. The predicted molar refractivity (Wildman–Crippen MR) is 128 cm³/mol. The Bertz CT molecular complexity index is 1200. The fraction of sp³-hybridized carbons (Fsp3) is 0.259. The average molecular weight is 501 g/mol. The number of hydrogen-bond acceptors (Lipinski definition) is 2. The molecule has 8 heteroatoms. The Morgan fingerprint density at radius 2 is 1.66 bits per heavy atom. The molecule has 0 spiro atoms. The van der Waals surface area contributed by atoms with E-state index >= 15 is 0 Å². The standard InChI is InChI=1S/C27H24ClF3N2O2/c1-32(15-18-6-3-2-4-7-18)26(35)24-17-33(25(34)19-10-12-22(28)13-11-19)16-23(24)20-8-5-9-21(14-20)27(29,30)31/h2-14,23-24H,15-17H2,1H3. The summed E-state index contributed by atoms with van der Waals surface area (Å²) in [5.41, 5.74) is 0.952. The van der Waals surface area contributed by atoms with Crippen LogP contribution in [0, 0.1) is 5.92 Å². The number of alkyl halides is 3. The molecule has 3 aromatic carbocycles. The van der Waals surface area contributed by atoms with Gasteiger partial charge in [-0.3, -0.25) is 9.59 Å². The molecule has 0 aliphatic carbocycles.